The fourth-order valence-corrected chi connectivity index (χ4v) is 1.84. The van der Waals surface area contributed by atoms with E-state index in [1.54, 1.807) is 0 Å². The van der Waals surface area contributed by atoms with E-state index in [9.17, 15) is 9.18 Å². The number of nitrogens with two attached hydrogens (primary N) is 1. The number of hydrogen-bond donors (Lipinski definition) is 2. The summed E-state index contributed by atoms with van der Waals surface area (Å²) in [6.07, 6.45) is 1.29. The van der Waals surface area contributed by atoms with Crippen molar-refractivity contribution in [2.24, 2.45) is 5.73 Å². The van der Waals surface area contributed by atoms with Crippen LogP contribution in [0, 0.1) is 5.82 Å². The van der Waals surface area contributed by atoms with Gasteiger partial charge >= 0.3 is 0 Å². The molecule has 7 heteroatoms. The number of carbonyl (C=O) groups excluding carboxylic acids is 1. The largest absolute Gasteiger partial charge is 0.452 e. The monoisotopic (exact) mass is 298 g/mol. The van der Waals surface area contributed by atoms with Crippen LogP contribution in [0.1, 0.15) is 15.9 Å². The summed E-state index contributed by atoms with van der Waals surface area (Å²) >= 11 is 10.5. The van der Waals surface area contributed by atoms with E-state index in [1.807, 2.05) is 0 Å². The van der Waals surface area contributed by atoms with E-state index >= 15 is 0 Å². The van der Waals surface area contributed by atoms with E-state index in [1.165, 1.54) is 24.5 Å². The van der Waals surface area contributed by atoms with Crippen LogP contribution in [0.5, 0.6) is 0 Å². The molecule has 19 heavy (non-hydrogen) atoms. The third-order valence-electron chi connectivity index (χ3n) is 2.36. The van der Waals surface area contributed by atoms with Crippen molar-refractivity contribution in [2.45, 2.75) is 0 Å². The average molecular weight is 299 g/mol. The van der Waals surface area contributed by atoms with Crippen molar-refractivity contribution in [3.8, 4) is 0 Å². The highest BCUT2D eigenvalue weighted by Gasteiger charge is 2.15. The van der Waals surface area contributed by atoms with Gasteiger partial charge < -0.3 is 15.5 Å². The second kappa shape index (κ2) is 5.38. The first-order chi connectivity index (χ1) is 8.99. The van der Waals surface area contributed by atoms with Gasteiger partial charge in [-0.2, -0.15) is 0 Å². The van der Waals surface area contributed by atoms with E-state index in [-0.39, 0.29) is 21.3 Å². The number of hydrogen-bond acceptors (Lipinski definition) is 3. The van der Waals surface area contributed by atoms with E-state index in [2.05, 4.69) is 5.32 Å². The second-order valence-electron chi connectivity index (χ2n) is 3.62. The lowest BCUT2D eigenvalue weighted by atomic mass is 10.1. The number of halogens is 2. The topological polar surface area (TPSA) is 68.3 Å². The Bertz CT molecular complexity index is 657. The lowest BCUT2D eigenvalue weighted by Crippen LogP contribution is -2.17. The minimum absolute atomic E-state index is 0.0203. The number of nitrogens with one attached hydrogen (secondary N) is 1. The Hall–Kier alpha value is -1.92. The molecule has 0 saturated heterocycles. The van der Waals surface area contributed by atoms with E-state index in [4.69, 9.17) is 34.0 Å². The van der Waals surface area contributed by atoms with Crippen LogP contribution in [0.25, 0.3) is 0 Å². The van der Waals surface area contributed by atoms with Crippen molar-refractivity contribution < 1.29 is 13.6 Å². The Balaban J connectivity index is 2.32. The van der Waals surface area contributed by atoms with Crippen LogP contribution in [-0.2, 0) is 0 Å². The Morgan fingerprint density at radius 2 is 2.11 bits per heavy atom. The first kappa shape index (κ1) is 13.5. The van der Waals surface area contributed by atoms with E-state index in [0.29, 0.717) is 5.69 Å². The Morgan fingerprint density at radius 1 is 1.37 bits per heavy atom. The summed E-state index contributed by atoms with van der Waals surface area (Å²) < 4.78 is 17.9. The molecule has 0 bridgehead atoms. The molecule has 2 rings (SSSR count). The minimum Gasteiger partial charge on any atom is -0.452 e. The molecule has 0 aliphatic heterocycles. The third kappa shape index (κ3) is 2.91. The molecule has 98 valence electrons. The smallest absolute Gasteiger partial charge is 0.260 e. The Labute approximate surface area is 118 Å². The summed E-state index contributed by atoms with van der Waals surface area (Å²) in [6, 6.07) is 5.13. The van der Waals surface area contributed by atoms with Gasteiger partial charge in [0.15, 0.2) is 0 Å². The van der Waals surface area contributed by atoms with E-state index in [0.717, 1.165) is 6.07 Å². The number of amides is 1. The molecule has 0 aliphatic rings. The minimum atomic E-state index is -0.498. The first-order valence-electron chi connectivity index (χ1n) is 5.12. The summed E-state index contributed by atoms with van der Waals surface area (Å²) in [5.41, 5.74) is 6.18. The lowest BCUT2D eigenvalue weighted by Gasteiger charge is -2.09. The van der Waals surface area contributed by atoms with Crippen LogP contribution in [0.15, 0.2) is 34.9 Å². The third-order valence-corrected chi connectivity index (χ3v) is 2.87. The molecule has 0 aliphatic carbocycles. The van der Waals surface area contributed by atoms with Crippen LogP contribution in [0.4, 0.5) is 10.1 Å². The number of thiocarbonyl (C=S) groups is 1. The van der Waals surface area contributed by atoms with Gasteiger partial charge in [0.2, 0.25) is 5.22 Å². The van der Waals surface area contributed by atoms with Crippen LogP contribution < -0.4 is 11.1 Å². The molecule has 0 radical (unpaired) electrons. The van der Waals surface area contributed by atoms with Crippen molar-refractivity contribution >= 4 is 40.4 Å². The Morgan fingerprint density at radius 3 is 2.68 bits per heavy atom. The van der Waals surface area contributed by atoms with Gasteiger partial charge in [0.05, 0.1) is 17.5 Å². The normalized spacial score (nSPS) is 10.2. The van der Waals surface area contributed by atoms with Crippen LogP contribution in [0.3, 0.4) is 0 Å². The van der Waals surface area contributed by atoms with Gasteiger partial charge in [-0.25, -0.2) is 4.39 Å². The predicted octanol–water partition coefficient (Wildman–Crippen LogP) is 2.96. The molecular weight excluding hydrogens is 291 g/mol. The summed E-state index contributed by atoms with van der Waals surface area (Å²) in [7, 11) is 0. The maximum absolute atomic E-state index is 13.1. The number of anilines is 1. The predicted molar refractivity (Wildman–Crippen MR) is 74.0 cm³/mol. The second-order valence-corrected chi connectivity index (χ2v) is 4.40. The van der Waals surface area contributed by atoms with Crippen molar-refractivity contribution in [1.29, 1.82) is 0 Å². The highest BCUT2D eigenvalue weighted by molar-refractivity contribution is 7.80. The summed E-state index contributed by atoms with van der Waals surface area (Å²) in [5.74, 6) is -0.995. The Kier molecular flexibility index (Phi) is 3.82. The zero-order chi connectivity index (χ0) is 14.0. The highest BCUT2D eigenvalue weighted by Crippen LogP contribution is 2.21. The van der Waals surface area contributed by atoms with Crippen molar-refractivity contribution in [3.05, 3.63) is 52.7 Å². The number of benzene rings is 1. The average Bonchev–Trinajstić information content (AvgIpc) is 2.77. The van der Waals surface area contributed by atoms with Gasteiger partial charge in [-0.15, -0.1) is 0 Å². The molecule has 0 spiro atoms. The molecule has 0 fully saturated rings. The summed E-state index contributed by atoms with van der Waals surface area (Å²) in [5, 5.41) is 2.51. The van der Waals surface area contributed by atoms with Crippen LogP contribution in [0.2, 0.25) is 5.22 Å². The van der Waals surface area contributed by atoms with Crippen LogP contribution in [-0.4, -0.2) is 10.9 Å². The summed E-state index contributed by atoms with van der Waals surface area (Å²) in [6.45, 7) is 0. The van der Waals surface area contributed by atoms with Gasteiger partial charge in [-0.1, -0.05) is 12.2 Å². The maximum atomic E-state index is 13.1. The van der Waals surface area contributed by atoms with Crippen molar-refractivity contribution in [1.82, 2.24) is 0 Å². The molecule has 1 amide bonds. The number of rotatable bonds is 3. The SMILES string of the molecule is NC(=S)c1cc(F)ccc1NC(=O)c1ccoc1Cl. The molecule has 3 N–H and O–H groups in total. The van der Waals surface area contributed by atoms with Gasteiger partial charge in [-0.3, -0.25) is 4.79 Å². The van der Waals surface area contributed by atoms with Crippen molar-refractivity contribution in [3.63, 3.8) is 0 Å². The fourth-order valence-electron chi connectivity index (χ4n) is 1.47. The first-order valence-corrected chi connectivity index (χ1v) is 5.91. The molecule has 2 aromatic rings. The molecular formula is C12H8ClFN2O2S. The van der Waals surface area contributed by atoms with E-state index < -0.39 is 11.7 Å². The van der Waals surface area contributed by atoms with Gasteiger partial charge in [0, 0.05) is 5.56 Å². The fraction of sp³-hybridized carbons (Fsp3) is 0. The molecule has 0 saturated carbocycles. The highest BCUT2D eigenvalue weighted by atomic mass is 35.5. The quantitative estimate of drug-likeness (QED) is 0.855. The number of carbonyl (C=O) groups is 1. The standard InChI is InChI=1S/C12H8ClFN2O2S/c13-10-7(3-4-18-10)12(17)16-9-2-1-6(14)5-8(9)11(15)19/h1-5H,(H2,15,19)(H,16,17). The molecule has 0 atom stereocenters. The number of furan rings is 1. The van der Waals surface area contributed by atoms with Crippen molar-refractivity contribution in [2.75, 3.05) is 5.32 Å². The van der Waals surface area contributed by atoms with Gasteiger partial charge in [0.1, 0.15) is 10.8 Å². The zero-order valence-electron chi connectivity index (χ0n) is 9.44. The maximum Gasteiger partial charge on any atom is 0.260 e. The zero-order valence-corrected chi connectivity index (χ0v) is 11.0. The molecule has 0 unspecified atom stereocenters. The molecule has 4 nitrogen and oxygen atoms in total. The molecule has 1 aromatic heterocycles. The molecule has 1 heterocycles. The van der Waals surface area contributed by atoms with Gasteiger partial charge in [-0.05, 0) is 35.9 Å². The summed E-state index contributed by atoms with van der Waals surface area (Å²) in [4.78, 5) is 11.9. The molecule has 1 aromatic carbocycles. The van der Waals surface area contributed by atoms with Crippen LogP contribution >= 0.6 is 23.8 Å². The lowest BCUT2D eigenvalue weighted by molar-refractivity contribution is 0.102. The van der Waals surface area contributed by atoms with Gasteiger partial charge in [0.25, 0.3) is 5.91 Å².